The number of rotatable bonds is 5. The number of carbonyl (C=O) groups excluding carboxylic acids is 1. The lowest BCUT2D eigenvalue weighted by atomic mass is 10.1. The molecule has 3 aromatic carbocycles. The number of sulfonamides is 1. The van der Waals surface area contributed by atoms with Gasteiger partial charge >= 0.3 is 0 Å². The maximum atomic E-state index is 13.1. The van der Waals surface area contributed by atoms with Crippen molar-refractivity contribution in [2.45, 2.75) is 4.90 Å². The largest absolute Gasteiger partial charge is 0.454 e. The third kappa shape index (κ3) is 4.03. The van der Waals surface area contributed by atoms with Crippen molar-refractivity contribution in [2.24, 2.45) is 0 Å². The normalized spacial score (nSPS) is 12.5. The topological polar surface area (TPSA) is 93.7 Å². The molecule has 0 atom stereocenters. The number of benzene rings is 3. The SMILES string of the molecule is O=C(Nc1ccccc1NS(=O)(=O)c1ccc(F)cc1)c1cc(Cl)c2c(c1)OCO2. The first-order chi connectivity index (χ1) is 14.3. The number of hydrogen-bond donors (Lipinski definition) is 2. The molecule has 7 nitrogen and oxygen atoms in total. The molecule has 0 saturated heterocycles. The second-order valence-corrected chi connectivity index (χ2v) is 8.34. The van der Waals surface area contributed by atoms with Crippen molar-refractivity contribution in [3.05, 3.63) is 77.1 Å². The maximum Gasteiger partial charge on any atom is 0.261 e. The summed E-state index contributed by atoms with van der Waals surface area (Å²) in [6.07, 6.45) is 0. The summed E-state index contributed by atoms with van der Waals surface area (Å²) < 4.78 is 51.2. The van der Waals surface area contributed by atoms with Crippen molar-refractivity contribution < 1.29 is 27.1 Å². The van der Waals surface area contributed by atoms with E-state index in [0.29, 0.717) is 11.5 Å². The molecule has 1 aliphatic rings. The highest BCUT2D eigenvalue weighted by Crippen LogP contribution is 2.40. The van der Waals surface area contributed by atoms with Crippen molar-refractivity contribution in [2.75, 3.05) is 16.8 Å². The van der Waals surface area contributed by atoms with Crippen molar-refractivity contribution in [3.63, 3.8) is 0 Å². The first kappa shape index (κ1) is 20.0. The number of nitrogens with one attached hydrogen (secondary N) is 2. The zero-order valence-electron chi connectivity index (χ0n) is 15.2. The quantitative estimate of drug-likeness (QED) is 0.608. The number of fused-ring (bicyclic) bond motifs is 1. The zero-order chi connectivity index (χ0) is 21.3. The molecule has 0 saturated carbocycles. The molecule has 1 amide bonds. The van der Waals surface area contributed by atoms with E-state index in [1.54, 1.807) is 12.1 Å². The first-order valence-electron chi connectivity index (χ1n) is 8.61. The molecule has 1 heterocycles. The van der Waals surface area contributed by atoms with Crippen molar-refractivity contribution in [1.82, 2.24) is 0 Å². The summed E-state index contributed by atoms with van der Waals surface area (Å²) in [5.74, 6) is -0.369. The Balaban J connectivity index is 1.59. The lowest BCUT2D eigenvalue weighted by molar-refractivity contribution is 0.102. The van der Waals surface area contributed by atoms with Gasteiger partial charge in [-0.25, -0.2) is 12.8 Å². The Morgan fingerprint density at radius 2 is 1.70 bits per heavy atom. The number of amides is 1. The van der Waals surface area contributed by atoms with Gasteiger partial charge in [0.2, 0.25) is 6.79 Å². The summed E-state index contributed by atoms with van der Waals surface area (Å²) >= 11 is 6.12. The van der Waals surface area contributed by atoms with Crippen LogP contribution in [0.15, 0.2) is 65.6 Å². The lowest BCUT2D eigenvalue weighted by Crippen LogP contribution is -2.17. The van der Waals surface area contributed by atoms with Gasteiger partial charge in [-0.3, -0.25) is 9.52 Å². The number of halogens is 2. The van der Waals surface area contributed by atoms with Crippen LogP contribution in [0.2, 0.25) is 5.02 Å². The van der Waals surface area contributed by atoms with Gasteiger partial charge in [0.1, 0.15) is 5.82 Å². The predicted octanol–water partition coefficient (Wildman–Crippen LogP) is 4.26. The molecule has 1 aliphatic heterocycles. The Morgan fingerprint density at radius 3 is 2.43 bits per heavy atom. The second-order valence-electron chi connectivity index (χ2n) is 6.25. The summed E-state index contributed by atoms with van der Waals surface area (Å²) in [5.41, 5.74) is 0.574. The Labute approximate surface area is 176 Å². The molecule has 10 heteroatoms. The minimum absolute atomic E-state index is 0.00806. The summed E-state index contributed by atoms with van der Waals surface area (Å²) in [7, 11) is -3.99. The number of hydrogen-bond acceptors (Lipinski definition) is 5. The van der Waals surface area contributed by atoms with Crippen molar-refractivity contribution in [1.29, 1.82) is 0 Å². The fraction of sp³-hybridized carbons (Fsp3) is 0.0500. The average Bonchev–Trinajstić information content (AvgIpc) is 3.19. The minimum atomic E-state index is -3.99. The second kappa shape index (κ2) is 7.85. The highest BCUT2D eigenvalue weighted by Gasteiger charge is 2.22. The van der Waals surface area contributed by atoms with Gasteiger partial charge in [0.25, 0.3) is 15.9 Å². The van der Waals surface area contributed by atoms with Gasteiger partial charge in [-0.15, -0.1) is 0 Å². The van der Waals surface area contributed by atoms with Gasteiger partial charge in [-0.2, -0.15) is 0 Å². The summed E-state index contributed by atoms with van der Waals surface area (Å²) in [5, 5.41) is 2.87. The molecule has 0 fully saturated rings. The lowest BCUT2D eigenvalue weighted by Gasteiger charge is -2.14. The molecule has 154 valence electrons. The van der Waals surface area contributed by atoms with Gasteiger partial charge in [0, 0.05) is 5.56 Å². The van der Waals surface area contributed by atoms with E-state index in [9.17, 15) is 17.6 Å². The Morgan fingerprint density at radius 1 is 1.00 bits per heavy atom. The van der Waals surface area contributed by atoms with E-state index in [2.05, 4.69) is 10.0 Å². The van der Waals surface area contributed by atoms with E-state index in [0.717, 1.165) is 24.3 Å². The number of para-hydroxylation sites is 2. The smallest absolute Gasteiger partial charge is 0.261 e. The van der Waals surface area contributed by atoms with Crippen LogP contribution in [-0.2, 0) is 10.0 Å². The fourth-order valence-corrected chi connectivity index (χ4v) is 4.14. The standard InChI is InChI=1S/C20H14ClFN2O5S/c21-15-9-12(10-18-19(15)29-11-28-18)20(25)23-16-3-1-2-4-17(16)24-30(26,27)14-7-5-13(22)6-8-14/h1-10,24H,11H2,(H,23,25). The molecule has 3 aromatic rings. The van der Waals surface area contributed by atoms with Gasteiger partial charge in [0.15, 0.2) is 11.5 Å². The van der Waals surface area contributed by atoms with E-state index < -0.39 is 21.7 Å². The number of anilines is 2. The van der Waals surface area contributed by atoms with E-state index in [1.165, 1.54) is 24.3 Å². The molecule has 0 bridgehead atoms. The van der Waals surface area contributed by atoms with Crippen LogP contribution in [0, 0.1) is 5.82 Å². The summed E-state index contributed by atoms with van der Waals surface area (Å²) in [6, 6.07) is 13.6. The van der Waals surface area contributed by atoms with Crippen molar-refractivity contribution >= 4 is 38.9 Å². The maximum absolute atomic E-state index is 13.1. The van der Waals surface area contributed by atoms with Crippen LogP contribution in [0.4, 0.5) is 15.8 Å². The van der Waals surface area contributed by atoms with Gasteiger partial charge in [0.05, 0.1) is 21.3 Å². The van der Waals surface area contributed by atoms with Crippen LogP contribution in [0.3, 0.4) is 0 Å². The Kier molecular flexibility index (Phi) is 5.23. The Bertz CT molecular complexity index is 1230. The van der Waals surface area contributed by atoms with Crippen LogP contribution in [0.1, 0.15) is 10.4 Å². The Hall–Kier alpha value is -3.30. The van der Waals surface area contributed by atoms with E-state index in [4.69, 9.17) is 21.1 Å². The van der Waals surface area contributed by atoms with E-state index >= 15 is 0 Å². The van der Waals surface area contributed by atoms with Crippen LogP contribution in [0.5, 0.6) is 11.5 Å². The molecule has 0 aromatic heterocycles. The van der Waals surface area contributed by atoms with Crippen molar-refractivity contribution in [3.8, 4) is 11.5 Å². The van der Waals surface area contributed by atoms with E-state index in [1.807, 2.05) is 0 Å². The molecular weight excluding hydrogens is 435 g/mol. The fourth-order valence-electron chi connectivity index (χ4n) is 2.79. The minimum Gasteiger partial charge on any atom is -0.454 e. The number of carbonyl (C=O) groups is 1. The molecule has 0 aliphatic carbocycles. The number of ether oxygens (including phenoxy) is 2. The molecule has 0 spiro atoms. The third-order valence-corrected chi connectivity index (χ3v) is 5.90. The van der Waals surface area contributed by atoms with Crippen LogP contribution >= 0.6 is 11.6 Å². The monoisotopic (exact) mass is 448 g/mol. The van der Waals surface area contributed by atoms with Crippen LogP contribution in [0.25, 0.3) is 0 Å². The molecule has 0 unspecified atom stereocenters. The van der Waals surface area contributed by atoms with Gasteiger partial charge in [-0.1, -0.05) is 23.7 Å². The van der Waals surface area contributed by atoms with E-state index in [-0.39, 0.29) is 33.6 Å². The molecular formula is C20H14ClFN2O5S. The first-order valence-corrected chi connectivity index (χ1v) is 10.5. The molecule has 4 rings (SSSR count). The molecule has 0 radical (unpaired) electrons. The molecule has 2 N–H and O–H groups in total. The van der Waals surface area contributed by atoms with Crippen LogP contribution in [-0.4, -0.2) is 21.1 Å². The summed E-state index contributed by atoms with van der Waals surface area (Å²) in [4.78, 5) is 12.6. The van der Waals surface area contributed by atoms with Gasteiger partial charge in [-0.05, 0) is 48.5 Å². The van der Waals surface area contributed by atoms with Gasteiger partial charge < -0.3 is 14.8 Å². The predicted molar refractivity (Wildman–Crippen MR) is 109 cm³/mol. The highest BCUT2D eigenvalue weighted by atomic mass is 35.5. The average molecular weight is 449 g/mol. The third-order valence-electron chi connectivity index (χ3n) is 4.23. The molecule has 30 heavy (non-hydrogen) atoms. The van der Waals surface area contributed by atoms with Crippen LogP contribution < -0.4 is 19.5 Å². The highest BCUT2D eigenvalue weighted by molar-refractivity contribution is 7.92. The summed E-state index contributed by atoms with van der Waals surface area (Å²) in [6.45, 7) is 0.00806. The zero-order valence-corrected chi connectivity index (χ0v) is 16.8.